The molecule has 0 aliphatic rings. The number of hydrogen-bond donors (Lipinski definition) is 1. The summed E-state index contributed by atoms with van der Waals surface area (Å²) < 4.78 is 39.7. The lowest BCUT2D eigenvalue weighted by molar-refractivity contribution is -0.141. The van der Waals surface area contributed by atoms with Gasteiger partial charge in [0.2, 0.25) is 5.91 Å². The Bertz CT molecular complexity index is 576. The van der Waals surface area contributed by atoms with Gasteiger partial charge in [0.1, 0.15) is 6.54 Å². The second kappa shape index (κ2) is 6.42. The summed E-state index contributed by atoms with van der Waals surface area (Å²) in [5, 5.41) is 9.94. The highest BCUT2D eigenvalue weighted by atomic mass is 19.4. The number of carbonyl (C=O) groups is 1. The van der Waals surface area contributed by atoms with E-state index in [2.05, 4.69) is 15.5 Å². The quantitative estimate of drug-likeness (QED) is 0.818. The molecule has 0 unspecified atom stereocenters. The second-order valence-corrected chi connectivity index (χ2v) is 4.37. The van der Waals surface area contributed by atoms with Crippen LogP contribution in [-0.4, -0.2) is 32.0 Å². The van der Waals surface area contributed by atoms with Crippen molar-refractivity contribution in [2.24, 2.45) is 0 Å². The predicted molar refractivity (Wildman–Crippen MR) is 67.1 cm³/mol. The van der Waals surface area contributed by atoms with E-state index in [-0.39, 0.29) is 12.5 Å². The Balaban J connectivity index is 1.70. The minimum Gasteiger partial charge on any atom is -0.354 e. The smallest absolute Gasteiger partial charge is 0.354 e. The Morgan fingerprint density at radius 2 is 2.10 bits per heavy atom. The molecule has 0 bridgehead atoms. The molecule has 9 heteroatoms. The van der Waals surface area contributed by atoms with Gasteiger partial charge in [0.05, 0.1) is 0 Å². The molecule has 2 rings (SSSR count). The SMILES string of the molecule is O=C(Cn1ccc(C(F)(F)F)n1)NCCCn1cccn1. The minimum absolute atomic E-state index is 0.238. The summed E-state index contributed by atoms with van der Waals surface area (Å²) >= 11 is 0. The van der Waals surface area contributed by atoms with E-state index in [9.17, 15) is 18.0 Å². The van der Waals surface area contributed by atoms with Crippen molar-refractivity contribution in [3.05, 3.63) is 36.4 Å². The molecule has 0 aromatic carbocycles. The number of nitrogens with one attached hydrogen (secondary N) is 1. The van der Waals surface area contributed by atoms with Crippen LogP contribution in [0.3, 0.4) is 0 Å². The first-order chi connectivity index (χ1) is 9.95. The Morgan fingerprint density at radius 3 is 2.71 bits per heavy atom. The molecule has 0 spiro atoms. The van der Waals surface area contributed by atoms with Gasteiger partial charge in [-0.05, 0) is 18.6 Å². The Labute approximate surface area is 118 Å². The third-order valence-electron chi connectivity index (χ3n) is 2.68. The molecular formula is C12H14F3N5O. The molecule has 0 aliphatic carbocycles. The normalized spacial score (nSPS) is 11.6. The molecule has 114 valence electrons. The maximum atomic E-state index is 12.3. The Hall–Kier alpha value is -2.32. The van der Waals surface area contributed by atoms with Gasteiger partial charge in [0.15, 0.2) is 5.69 Å². The molecule has 0 fully saturated rings. The van der Waals surface area contributed by atoms with E-state index in [0.717, 1.165) is 16.9 Å². The molecule has 2 heterocycles. The first-order valence-electron chi connectivity index (χ1n) is 6.30. The van der Waals surface area contributed by atoms with Gasteiger partial charge in [0, 0.05) is 31.7 Å². The van der Waals surface area contributed by atoms with Crippen LogP contribution in [0.5, 0.6) is 0 Å². The van der Waals surface area contributed by atoms with E-state index in [1.165, 1.54) is 0 Å². The van der Waals surface area contributed by atoms with Gasteiger partial charge >= 0.3 is 6.18 Å². The first kappa shape index (κ1) is 15.1. The molecule has 1 N–H and O–H groups in total. The third kappa shape index (κ3) is 4.62. The zero-order valence-electron chi connectivity index (χ0n) is 11.0. The van der Waals surface area contributed by atoms with Crippen LogP contribution in [0.2, 0.25) is 0 Å². The van der Waals surface area contributed by atoms with Crippen LogP contribution in [0.4, 0.5) is 13.2 Å². The van der Waals surface area contributed by atoms with E-state index < -0.39 is 11.9 Å². The van der Waals surface area contributed by atoms with Crippen LogP contribution < -0.4 is 5.32 Å². The molecule has 2 aromatic rings. The van der Waals surface area contributed by atoms with E-state index in [4.69, 9.17) is 0 Å². The number of aryl methyl sites for hydroxylation is 1. The van der Waals surface area contributed by atoms with Crippen LogP contribution >= 0.6 is 0 Å². The van der Waals surface area contributed by atoms with Crippen LogP contribution in [0.25, 0.3) is 0 Å². The van der Waals surface area contributed by atoms with Crippen molar-refractivity contribution in [3.63, 3.8) is 0 Å². The molecule has 1 amide bonds. The summed E-state index contributed by atoms with van der Waals surface area (Å²) in [6, 6.07) is 2.64. The van der Waals surface area contributed by atoms with Crippen molar-refractivity contribution < 1.29 is 18.0 Å². The average Bonchev–Trinajstić information content (AvgIpc) is 3.04. The highest BCUT2D eigenvalue weighted by Gasteiger charge is 2.33. The van der Waals surface area contributed by atoms with E-state index in [1.807, 2.05) is 6.20 Å². The summed E-state index contributed by atoms with van der Waals surface area (Å²) in [4.78, 5) is 11.6. The molecule has 0 aliphatic heterocycles. The fraction of sp³-hybridized carbons (Fsp3) is 0.417. The topological polar surface area (TPSA) is 64.7 Å². The Kier molecular flexibility index (Phi) is 4.61. The lowest BCUT2D eigenvalue weighted by Gasteiger charge is -2.06. The van der Waals surface area contributed by atoms with E-state index in [1.54, 1.807) is 16.9 Å². The molecule has 6 nitrogen and oxygen atoms in total. The second-order valence-electron chi connectivity index (χ2n) is 4.37. The fourth-order valence-corrected chi connectivity index (χ4v) is 1.71. The van der Waals surface area contributed by atoms with Crippen molar-refractivity contribution >= 4 is 5.91 Å². The fourth-order valence-electron chi connectivity index (χ4n) is 1.71. The minimum atomic E-state index is -4.49. The number of amides is 1. The molecule has 21 heavy (non-hydrogen) atoms. The standard InChI is InChI=1S/C12H14F3N5O/c13-12(14,15)10-3-8-20(18-10)9-11(21)16-4-1-6-19-7-2-5-17-19/h2-3,5,7-8H,1,4,6,9H2,(H,16,21). The highest BCUT2D eigenvalue weighted by Crippen LogP contribution is 2.27. The molecule has 0 radical (unpaired) electrons. The van der Waals surface area contributed by atoms with Crippen molar-refractivity contribution in [3.8, 4) is 0 Å². The van der Waals surface area contributed by atoms with Crippen LogP contribution in [0.1, 0.15) is 12.1 Å². The van der Waals surface area contributed by atoms with E-state index >= 15 is 0 Å². The largest absolute Gasteiger partial charge is 0.435 e. The first-order valence-corrected chi connectivity index (χ1v) is 6.30. The lowest BCUT2D eigenvalue weighted by Crippen LogP contribution is -2.29. The van der Waals surface area contributed by atoms with Crippen LogP contribution in [-0.2, 0) is 24.1 Å². The summed E-state index contributed by atoms with van der Waals surface area (Å²) in [6.07, 6.45) is 0.788. The lowest BCUT2D eigenvalue weighted by atomic mass is 10.4. The zero-order valence-corrected chi connectivity index (χ0v) is 11.0. The molecule has 0 saturated heterocycles. The predicted octanol–water partition coefficient (Wildman–Crippen LogP) is 1.30. The number of hydrogen-bond acceptors (Lipinski definition) is 3. The van der Waals surface area contributed by atoms with Gasteiger partial charge in [-0.25, -0.2) is 0 Å². The number of halogens is 3. The number of rotatable bonds is 6. The summed E-state index contributed by atoms with van der Waals surface area (Å²) in [6.45, 7) is 0.844. The van der Waals surface area contributed by atoms with Gasteiger partial charge in [-0.15, -0.1) is 0 Å². The summed E-state index contributed by atoms with van der Waals surface area (Å²) in [7, 11) is 0. The molecular weight excluding hydrogens is 287 g/mol. The van der Waals surface area contributed by atoms with Crippen LogP contribution in [0.15, 0.2) is 30.7 Å². The van der Waals surface area contributed by atoms with Gasteiger partial charge < -0.3 is 5.32 Å². The number of aromatic nitrogens is 4. The van der Waals surface area contributed by atoms with Crippen molar-refractivity contribution in [1.29, 1.82) is 0 Å². The molecule has 0 saturated carbocycles. The number of carbonyl (C=O) groups excluding carboxylic acids is 1. The number of nitrogens with zero attached hydrogens (tertiary/aromatic N) is 4. The summed E-state index contributed by atoms with van der Waals surface area (Å²) in [5.41, 5.74) is -1.01. The van der Waals surface area contributed by atoms with Crippen molar-refractivity contribution in [1.82, 2.24) is 24.9 Å². The highest BCUT2D eigenvalue weighted by molar-refractivity contribution is 5.75. The van der Waals surface area contributed by atoms with Gasteiger partial charge in [-0.3, -0.25) is 14.2 Å². The summed E-state index contributed by atoms with van der Waals surface area (Å²) in [5.74, 6) is -0.382. The van der Waals surface area contributed by atoms with Gasteiger partial charge in [0.25, 0.3) is 0 Å². The van der Waals surface area contributed by atoms with Crippen LogP contribution in [0, 0.1) is 0 Å². The monoisotopic (exact) mass is 301 g/mol. The molecule has 0 atom stereocenters. The molecule has 2 aromatic heterocycles. The van der Waals surface area contributed by atoms with Crippen molar-refractivity contribution in [2.75, 3.05) is 6.54 Å². The maximum Gasteiger partial charge on any atom is 0.435 e. The van der Waals surface area contributed by atoms with E-state index in [0.29, 0.717) is 19.5 Å². The maximum absolute atomic E-state index is 12.3. The number of alkyl halides is 3. The van der Waals surface area contributed by atoms with Crippen molar-refractivity contribution in [2.45, 2.75) is 25.7 Å². The van der Waals surface area contributed by atoms with Gasteiger partial charge in [-0.1, -0.05) is 0 Å². The Morgan fingerprint density at radius 1 is 1.29 bits per heavy atom. The third-order valence-corrected chi connectivity index (χ3v) is 2.68. The zero-order chi connectivity index (χ0) is 15.3. The average molecular weight is 301 g/mol. The van der Waals surface area contributed by atoms with Gasteiger partial charge in [-0.2, -0.15) is 23.4 Å².